The SMILES string of the molecule is COc1ccc(C2C3=C(N=c4s/c(=C\c5ccc(OCc6ccc([N+](=O)[O-])cc6)c(Br)c5)c(=O)n42)c2ccccc2CC3)cc1. The van der Waals surface area contributed by atoms with Crippen molar-refractivity contribution < 1.29 is 14.4 Å². The molecule has 0 N–H and O–H groups in total. The third kappa shape index (κ3) is 5.51. The van der Waals surface area contributed by atoms with Crippen molar-refractivity contribution in [1.29, 1.82) is 0 Å². The number of aryl methyl sites for hydroxylation is 1. The minimum atomic E-state index is -0.427. The van der Waals surface area contributed by atoms with E-state index in [-0.39, 0.29) is 23.9 Å². The summed E-state index contributed by atoms with van der Waals surface area (Å²) in [6.45, 7) is 0.258. The summed E-state index contributed by atoms with van der Waals surface area (Å²) >= 11 is 4.99. The van der Waals surface area contributed by atoms with Crippen molar-refractivity contribution in [2.24, 2.45) is 4.99 Å². The summed E-state index contributed by atoms with van der Waals surface area (Å²) in [6, 6.07) is 28.0. The van der Waals surface area contributed by atoms with E-state index in [4.69, 9.17) is 14.5 Å². The van der Waals surface area contributed by atoms with Crippen LogP contribution in [0.4, 0.5) is 5.69 Å². The number of ether oxygens (including phenoxy) is 2. The van der Waals surface area contributed by atoms with Gasteiger partial charge in [0.25, 0.3) is 11.2 Å². The van der Waals surface area contributed by atoms with Crippen LogP contribution in [-0.4, -0.2) is 16.6 Å². The molecule has 0 radical (unpaired) electrons. The molecule has 1 unspecified atom stereocenters. The largest absolute Gasteiger partial charge is 0.497 e. The molecule has 0 saturated carbocycles. The van der Waals surface area contributed by atoms with Gasteiger partial charge in [-0.1, -0.05) is 53.8 Å². The summed E-state index contributed by atoms with van der Waals surface area (Å²) in [5, 5.41) is 10.9. The van der Waals surface area contributed by atoms with Gasteiger partial charge in [-0.3, -0.25) is 19.5 Å². The lowest BCUT2D eigenvalue weighted by Gasteiger charge is -2.30. The third-order valence-corrected chi connectivity index (χ3v) is 9.70. The molecular formula is C35H26BrN3O5S. The number of aromatic nitrogens is 1. The second kappa shape index (κ2) is 11.9. The number of nitrogens with zero attached hydrogens (tertiary/aromatic N) is 3. The Morgan fingerprint density at radius 3 is 2.56 bits per heavy atom. The van der Waals surface area contributed by atoms with E-state index in [0.29, 0.717) is 15.1 Å². The molecular weight excluding hydrogens is 654 g/mol. The predicted molar refractivity (Wildman–Crippen MR) is 177 cm³/mol. The standard InChI is InChI=1S/C35H26BrN3O5S/c1-43-26-14-9-24(10-15-26)33-28-16-11-23-4-2-3-5-27(23)32(28)37-35-38(33)34(40)31(45-35)19-22-8-17-30(29(36)18-22)44-20-21-6-12-25(13-7-21)39(41)42/h2-10,12-15,17-19,33H,11,16,20H2,1H3/b31-19-. The molecule has 4 aromatic carbocycles. The molecule has 0 fully saturated rings. The quantitative estimate of drug-likeness (QED) is 0.143. The summed E-state index contributed by atoms with van der Waals surface area (Å²) < 4.78 is 14.5. The Kier molecular flexibility index (Phi) is 7.68. The number of methoxy groups -OCH3 is 1. The highest BCUT2D eigenvalue weighted by atomic mass is 79.9. The molecule has 224 valence electrons. The van der Waals surface area contributed by atoms with E-state index in [1.54, 1.807) is 19.2 Å². The normalized spacial score (nSPS) is 15.5. The Morgan fingerprint density at radius 2 is 1.82 bits per heavy atom. The van der Waals surface area contributed by atoms with Gasteiger partial charge < -0.3 is 9.47 Å². The van der Waals surface area contributed by atoms with Crippen LogP contribution in [0.2, 0.25) is 0 Å². The monoisotopic (exact) mass is 679 g/mol. The molecule has 1 aromatic heterocycles. The first kappa shape index (κ1) is 28.9. The molecule has 5 aromatic rings. The van der Waals surface area contributed by atoms with Crippen LogP contribution >= 0.6 is 27.3 Å². The highest BCUT2D eigenvalue weighted by Crippen LogP contribution is 2.41. The lowest BCUT2D eigenvalue weighted by atomic mass is 9.83. The molecule has 0 bridgehead atoms. The first-order chi connectivity index (χ1) is 21.9. The number of non-ortho nitro benzene ring substituents is 1. The van der Waals surface area contributed by atoms with Crippen molar-refractivity contribution in [3.8, 4) is 11.5 Å². The van der Waals surface area contributed by atoms with Crippen LogP contribution in [0.1, 0.15) is 40.3 Å². The summed E-state index contributed by atoms with van der Waals surface area (Å²) in [4.78, 5) is 30.3. The van der Waals surface area contributed by atoms with E-state index in [1.807, 2.05) is 59.2 Å². The molecule has 1 atom stereocenters. The Bertz CT molecular complexity index is 2170. The third-order valence-electron chi connectivity index (χ3n) is 8.10. The van der Waals surface area contributed by atoms with Gasteiger partial charge in [0.1, 0.15) is 18.1 Å². The number of hydrogen-bond acceptors (Lipinski definition) is 7. The molecule has 8 nitrogen and oxygen atoms in total. The maximum Gasteiger partial charge on any atom is 0.271 e. The molecule has 45 heavy (non-hydrogen) atoms. The fourth-order valence-electron chi connectivity index (χ4n) is 5.86. The molecule has 2 aliphatic rings. The van der Waals surface area contributed by atoms with Gasteiger partial charge in [-0.2, -0.15) is 0 Å². The number of nitro benzene ring substituents is 1. The molecule has 0 saturated heterocycles. The van der Waals surface area contributed by atoms with Crippen LogP contribution in [0.3, 0.4) is 0 Å². The Labute approximate surface area is 270 Å². The fraction of sp³-hybridized carbons (Fsp3) is 0.143. The minimum Gasteiger partial charge on any atom is -0.497 e. The summed E-state index contributed by atoms with van der Waals surface area (Å²) in [5.41, 5.74) is 7.13. The highest BCUT2D eigenvalue weighted by Gasteiger charge is 2.32. The van der Waals surface area contributed by atoms with Crippen LogP contribution in [0.25, 0.3) is 11.8 Å². The molecule has 10 heteroatoms. The van der Waals surface area contributed by atoms with Crippen molar-refractivity contribution >= 4 is 44.7 Å². The number of hydrogen-bond donors (Lipinski definition) is 0. The second-order valence-electron chi connectivity index (χ2n) is 10.8. The summed E-state index contributed by atoms with van der Waals surface area (Å²) in [6.07, 6.45) is 3.61. The van der Waals surface area contributed by atoms with Gasteiger partial charge in [0.05, 0.1) is 32.8 Å². The zero-order chi connectivity index (χ0) is 31.1. The molecule has 0 amide bonds. The first-order valence-corrected chi connectivity index (χ1v) is 15.9. The van der Waals surface area contributed by atoms with Gasteiger partial charge in [-0.25, -0.2) is 4.99 Å². The highest BCUT2D eigenvalue weighted by molar-refractivity contribution is 9.10. The average molecular weight is 681 g/mol. The number of rotatable bonds is 7. The van der Waals surface area contributed by atoms with Crippen molar-refractivity contribution in [2.75, 3.05) is 7.11 Å². The zero-order valence-electron chi connectivity index (χ0n) is 24.1. The van der Waals surface area contributed by atoms with Crippen LogP contribution < -0.4 is 24.4 Å². The lowest BCUT2D eigenvalue weighted by molar-refractivity contribution is -0.384. The van der Waals surface area contributed by atoms with Crippen LogP contribution in [-0.2, 0) is 13.0 Å². The van der Waals surface area contributed by atoms with Crippen LogP contribution in [0.15, 0.2) is 111 Å². The summed E-state index contributed by atoms with van der Waals surface area (Å²) in [7, 11) is 1.65. The number of benzene rings is 4. The number of fused-ring (bicyclic) bond motifs is 3. The van der Waals surface area contributed by atoms with Crippen LogP contribution in [0.5, 0.6) is 11.5 Å². The molecule has 1 aliphatic heterocycles. The fourth-order valence-corrected chi connectivity index (χ4v) is 7.37. The molecule has 2 heterocycles. The predicted octanol–water partition coefficient (Wildman–Crippen LogP) is 6.58. The van der Waals surface area contributed by atoms with E-state index in [9.17, 15) is 14.9 Å². The van der Waals surface area contributed by atoms with Crippen LogP contribution in [0, 0.1) is 10.1 Å². The zero-order valence-corrected chi connectivity index (χ0v) is 26.5. The van der Waals surface area contributed by atoms with E-state index in [0.717, 1.165) is 56.6 Å². The number of nitro groups is 1. The topological polar surface area (TPSA) is 96.0 Å². The average Bonchev–Trinajstić information content (AvgIpc) is 3.37. The number of halogens is 1. The van der Waals surface area contributed by atoms with Crippen molar-refractivity contribution in [3.05, 3.63) is 159 Å². The van der Waals surface area contributed by atoms with Gasteiger partial charge in [0, 0.05) is 17.7 Å². The maximum atomic E-state index is 14.1. The van der Waals surface area contributed by atoms with E-state index in [2.05, 4.69) is 34.1 Å². The molecule has 0 spiro atoms. The Balaban J connectivity index is 1.25. The minimum absolute atomic E-state index is 0.0369. The van der Waals surface area contributed by atoms with Crippen molar-refractivity contribution in [1.82, 2.24) is 4.57 Å². The molecule has 1 aliphatic carbocycles. The van der Waals surface area contributed by atoms with Gasteiger partial charge in [0.2, 0.25) is 0 Å². The lowest BCUT2D eigenvalue weighted by Crippen LogP contribution is -2.38. The van der Waals surface area contributed by atoms with Gasteiger partial charge in [-0.15, -0.1) is 0 Å². The van der Waals surface area contributed by atoms with Gasteiger partial charge >= 0.3 is 0 Å². The van der Waals surface area contributed by atoms with Crippen molar-refractivity contribution in [3.63, 3.8) is 0 Å². The first-order valence-electron chi connectivity index (χ1n) is 14.3. The van der Waals surface area contributed by atoms with E-state index < -0.39 is 4.92 Å². The Morgan fingerprint density at radius 1 is 1.04 bits per heavy atom. The molecule has 7 rings (SSSR count). The maximum absolute atomic E-state index is 14.1. The summed E-state index contributed by atoms with van der Waals surface area (Å²) in [5.74, 6) is 1.39. The van der Waals surface area contributed by atoms with Gasteiger partial charge in [-0.05, 0) is 99.1 Å². The second-order valence-corrected chi connectivity index (χ2v) is 12.7. The van der Waals surface area contributed by atoms with E-state index >= 15 is 0 Å². The smallest absolute Gasteiger partial charge is 0.271 e. The number of thiazole rings is 1. The van der Waals surface area contributed by atoms with E-state index in [1.165, 1.54) is 29.0 Å². The number of allylic oxidation sites excluding steroid dienone is 1. The van der Waals surface area contributed by atoms with Gasteiger partial charge in [0.15, 0.2) is 4.80 Å². The Hall–Kier alpha value is -4.80. The van der Waals surface area contributed by atoms with Crippen molar-refractivity contribution in [2.45, 2.75) is 25.5 Å².